The Hall–Kier alpha value is -5.31. The first-order valence-corrected chi connectivity index (χ1v) is 19.6. The maximum absolute atomic E-state index is 15.6. The van der Waals surface area contributed by atoms with Crippen molar-refractivity contribution >= 4 is 38.6 Å². The second-order valence-electron chi connectivity index (χ2n) is 15.2. The third kappa shape index (κ3) is 6.93. The van der Waals surface area contributed by atoms with E-state index < -0.39 is 86.6 Å². The van der Waals surface area contributed by atoms with Crippen LogP contribution in [-0.4, -0.2) is 73.9 Å². The Morgan fingerprint density at radius 3 is 2.39 bits per heavy atom. The summed E-state index contributed by atoms with van der Waals surface area (Å²) >= 11 is 0. The number of rotatable bonds is 10. The van der Waals surface area contributed by atoms with Gasteiger partial charge in [0.2, 0.25) is 21.9 Å². The second-order valence-corrected chi connectivity index (χ2v) is 16.9. The van der Waals surface area contributed by atoms with Crippen molar-refractivity contribution in [3.63, 3.8) is 0 Å². The van der Waals surface area contributed by atoms with E-state index in [0.717, 1.165) is 18.4 Å². The predicted molar refractivity (Wildman–Crippen MR) is 191 cm³/mol. The molecule has 13 nitrogen and oxygen atoms in total. The third-order valence-corrected chi connectivity index (χ3v) is 11.2. The van der Waals surface area contributed by atoms with E-state index in [1.165, 1.54) is 10.9 Å². The Labute approximate surface area is 319 Å². The molecular weight excluding hydrogens is 788 g/mol. The summed E-state index contributed by atoms with van der Waals surface area (Å²) in [6, 6.07) is 6.13. The normalized spacial score (nSPS) is 20.1. The van der Waals surface area contributed by atoms with E-state index in [-0.39, 0.29) is 60.9 Å². The van der Waals surface area contributed by atoms with Gasteiger partial charge in [-0.25, -0.2) is 27.2 Å². The predicted octanol–water partition coefficient (Wildman–Crippen LogP) is 5.17. The van der Waals surface area contributed by atoms with Crippen molar-refractivity contribution < 1.29 is 49.1 Å². The Morgan fingerprint density at radius 2 is 1.77 bits per heavy atom. The number of hydrogen-bond acceptors (Lipinski definition) is 9. The average Bonchev–Trinajstić information content (AvgIpc) is 3.63. The van der Waals surface area contributed by atoms with E-state index >= 15 is 8.78 Å². The molecule has 2 aromatic carbocycles. The van der Waals surface area contributed by atoms with Crippen molar-refractivity contribution in [3.8, 4) is 11.1 Å². The number of aryl methyl sites for hydroxylation is 1. The van der Waals surface area contributed by atoms with E-state index in [9.17, 15) is 40.3 Å². The first-order valence-electron chi connectivity index (χ1n) is 17.7. The molecule has 1 saturated heterocycles. The highest BCUT2D eigenvalue weighted by Gasteiger charge is 2.63. The lowest BCUT2D eigenvalue weighted by Crippen LogP contribution is -2.60. The van der Waals surface area contributed by atoms with Gasteiger partial charge in [-0.3, -0.25) is 18.9 Å². The fourth-order valence-corrected chi connectivity index (χ4v) is 8.75. The molecule has 21 heteroatoms. The van der Waals surface area contributed by atoms with Gasteiger partial charge in [0, 0.05) is 47.3 Å². The quantitative estimate of drug-likeness (QED) is 0.162. The molecule has 1 amide bonds. The number of nitrogens with zero attached hydrogens (tertiary/aromatic N) is 7. The van der Waals surface area contributed by atoms with Crippen molar-refractivity contribution in [2.45, 2.75) is 62.4 Å². The van der Waals surface area contributed by atoms with Crippen LogP contribution in [0.3, 0.4) is 0 Å². The lowest BCUT2D eigenvalue weighted by molar-refractivity contribution is -0.144. The summed E-state index contributed by atoms with van der Waals surface area (Å²) in [7, 11) is -2.23. The number of carbonyl (C=O) groups is 1. The zero-order chi connectivity index (χ0) is 41.0. The van der Waals surface area contributed by atoms with Gasteiger partial charge in [0.25, 0.3) is 5.92 Å². The second kappa shape index (κ2) is 13.1. The molecule has 0 bridgehead atoms. The molecule has 0 radical (unpaired) electrons. The number of fused-ring (bicyclic) bond motifs is 4. The molecule has 8 rings (SSSR count). The molecule has 3 N–H and O–H groups in total. The number of halogens is 7. The summed E-state index contributed by atoms with van der Waals surface area (Å²) < 4.78 is 131. The molecule has 3 atom stereocenters. The Kier molecular flexibility index (Phi) is 8.87. The van der Waals surface area contributed by atoms with Crippen molar-refractivity contribution in [3.05, 3.63) is 82.4 Å². The molecule has 1 saturated carbocycles. The standard InChI is InChI=1S/C36H34F7N9O4S/c1-34(54)15-51(16-34)33-44-13-23(20-5-4-6-22-29(20)50(2)48-32(22)49-57(3,55)56)28(46-33)25(11-17-9-18(37)12-19(38)10-17)45-26(53)14-52-31-27(30(47-52)36(41,42)43)21-7-8-24(21)35(31,39)40/h4-6,9-10,12-13,21,24-25,54H,7-8,11,14-16H2,1-3H3,(H,45,53)(H,48,49). The zero-order valence-corrected chi connectivity index (χ0v) is 31.2. The third-order valence-electron chi connectivity index (χ3n) is 10.6. The highest BCUT2D eigenvalue weighted by Crippen LogP contribution is 2.64. The number of aliphatic hydroxyl groups is 1. The van der Waals surface area contributed by atoms with Gasteiger partial charge in [-0.2, -0.15) is 32.1 Å². The fourth-order valence-electron chi connectivity index (χ4n) is 8.25. The maximum atomic E-state index is 15.6. The highest BCUT2D eigenvalue weighted by molar-refractivity contribution is 7.92. The van der Waals surface area contributed by atoms with Gasteiger partial charge in [-0.05, 0) is 55.9 Å². The summed E-state index contributed by atoms with van der Waals surface area (Å²) in [5, 5.41) is 21.3. The van der Waals surface area contributed by atoms with Gasteiger partial charge in [-0.1, -0.05) is 12.1 Å². The number of alkyl halides is 5. The summed E-state index contributed by atoms with van der Waals surface area (Å²) in [6.07, 6.45) is -2.98. The van der Waals surface area contributed by atoms with Gasteiger partial charge in [-0.15, -0.1) is 0 Å². The largest absolute Gasteiger partial charge is 0.435 e. The monoisotopic (exact) mass is 821 g/mol. The number of benzene rings is 2. The van der Waals surface area contributed by atoms with E-state index in [1.54, 1.807) is 37.1 Å². The first kappa shape index (κ1) is 38.6. The number of sulfonamides is 1. The average molecular weight is 822 g/mol. The van der Waals surface area contributed by atoms with Crippen LogP contribution in [0.4, 0.5) is 42.5 Å². The van der Waals surface area contributed by atoms with E-state index in [1.807, 2.05) is 0 Å². The highest BCUT2D eigenvalue weighted by atomic mass is 32.2. The summed E-state index contributed by atoms with van der Waals surface area (Å²) in [6.45, 7) is 0.744. The number of carbonyl (C=O) groups excluding carboxylic acids is 1. The van der Waals surface area contributed by atoms with Crippen LogP contribution in [-0.2, 0) is 46.9 Å². The Morgan fingerprint density at radius 1 is 1.07 bits per heavy atom. The lowest BCUT2D eigenvalue weighted by atomic mass is 9.73. The summed E-state index contributed by atoms with van der Waals surface area (Å²) in [5.74, 6) is -9.00. The molecule has 3 aliphatic rings. The van der Waals surface area contributed by atoms with E-state index in [2.05, 4.69) is 25.2 Å². The van der Waals surface area contributed by atoms with E-state index in [0.29, 0.717) is 27.2 Å². The van der Waals surface area contributed by atoms with Gasteiger partial charge >= 0.3 is 6.18 Å². The van der Waals surface area contributed by atoms with Gasteiger partial charge in [0.05, 0.1) is 42.2 Å². The molecule has 57 heavy (non-hydrogen) atoms. The SMILES string of the molecule is Cn1nc(NS(C)(=O)=O)c2cccc(-c3cnc(N4CC(C)(O)C4)nc3C(Cc3cc(F)cc(F)c3)NC(=O)Cn3nc(C(F)(F)F)c4c3C(F)(F)C3CCC43)c21. The number of aromatic nitrogens is 6. The van der Waals surface area contributed by atoms with Crippen molar-refractivity contribution in [1.82, 2.24) is 34.8 Å². The number of anilines is 2. The van der Waals surface area contributed by atoms with Gasteiger partial charge < -0.3 is 15.3 Å². The van der Waals surface area contributed by atoms with E-state index in [4.69, 9.17) is 4.98 Å². The molecular formula is C36H34F7N9O4S. The fraction of sp³-hybridized carbons (Fsp3) is 0.417. The number of amides is 1. The van der Waals surface area contributed by atoms with Crippen LogP contribution < -0.4 is 14.9 Å². The first-order chi connectivity index (χ1) is 26.6. The molecule has 2 fully saturated rings. The summed E-state index contributed by atoms with van der Waals surface area (Å²) in [5.41, 5.74) is -3.15. The molecule has 5 aromatic rings. The zero-order valence-electron chi connectivity index (χ0n) is 30.4. The van der Waals surface area contributed by atoms with Crippen LogP contribution in [0.5, 0.6) is 0 Å². The van der Waals surface area contributed by atoms with Crippen LogP contribution in [0, 0.1) is 17.6 Å². The molecule has 1 aliphatic heterocycles. The Balaban J connectivity index is 1.25. The maximum Gasteiger partial charge on any atom is 0.435 e. The number of β-amino-alcohol motifs (C(OH)–C–C–N with tert-alkyl or cyclic N) is 1. The number of nitrogens with one attached hydrogen (secondary N) is 2. The molecule has 2 aliphatic carbocycles. The molecule has 3 unspecified atom stereocenters. The van der Waals surface area contributed by atoms with Crippen LogP contribution in [0.25, 0.3) is 22.0 Å². The lowest BCUT2D eigenvalue weighted by Gasteiger charge is -2.44. The number of para-hydroxylation sites is 1. The molecule has 0 spiro atoms. The smallest absolute Gasteiger partial charge is 0.386 e. The minimum Gasteiger partial charge on any atom is -0.386 e. The molecule has 4 heterocycles. The molecule has 3 aromatic heterocycles. The topological polar surface area (TPSA) is 160 Å². The van der Waals surface area contributed by atoms with Crippen LogP contribution in [0.2, 0.25) is 0 Å². The minimum absolute atomic E-state index is 0.00259. The minimum atomic E-state index is -5.08. The molecule has 302 valence electrons. The van der Waals surface area contributed by atoms with Crippen LogP contribution in [0.1, 0.15) is 59.9 Å². The summed E-state index contributed by atoms with van der Waals surface area (Å²) in [4.78, 5) is 24.9. The van der Waals surface area contributed by atoms with Crippen molar-refractivity contribution in [1.29, 1.82) is 0 Å². The van der Waals surface area contributed by atoms with Gasteiger partial charge in [0.1, 0.15) is 23.9 Å². The van der Waals surface area contributed by atoms with Crippen LogP contribution >= 0.6 is 0 Å². The van der Waals surface area contributed by atoms with Crippen LogP contribution in [0.15, 0.2) is 42.6 Å². The number of hydrogen-bond donors (Lipinski definition) is 3. The van der Waals surface area contributed by atoms with Gasteiger partial charge in [0.15, 0.2) is 11.5 Å². The Bertz CT molecular complexity index is 2550. The van der Waals surface area contributed by atoms with Crippen molar-refractivity contribution in [2.75, 3.05) is 29.0 Å². The van der Waals surface area contributed by atoms with Crippen molar-refractivity contribution in [2.24, 2.45) is 13.0 Å².